The van der Waals surface area contributed by atoms with Crippen LogP contribution in [0.4, 0.5) is 0 Å². The van der Waals surface area contributed by atoms with Crippen LogP contribution in [0.1, 0.15) is 27.7 Å². The predicted molar refractivity (Wildman–Crippen MR) is 53.2 cm³/mol. The molecule has 0 saturated heterocycles. The molecule has 0 aliphatic rings. The third-order valence-corrected chi connectivity index (χ3v) is 2.53. The molecule has 0 aromatic carbocycles. The maximum Gasteiger partial charge on any atom is 0.0866 e. The summed E-state index contributed by atoms with van der Waals surface area (Å²) in [5.74, 6) is 0.209. The van der Waals surface area contributed by atoms with Gasteiger partial charge in [-0.05, 0) is 19.4 Å². The molecule has 0 bridgehead atoms. The van der Waals surface area contributed by atoms with E-state index in [9.17, 15) is 5.11 Å². The van der Waals surface area contributed by atoms with Gasteiger partial charge < -0.3 is 5.11 Å². The Kier molecular flexibility index (Phi) is 4.97. The van der Waals surface area contributed by atoms with Crippen molar-refractivity contribution in [1.29, 1.82) is 5.26 Å². The van der Waals surface area contributed by atoms with E-state index < -0.39 is 5.60 Å². The number of hydrogen-bond acceptors (Lipinski definition) is 3. The van der Waals surface area contributed by atoms with Crippen LogP contribution in [0.15, 0.2) is 0 Å². The highest BCUT2D eigenvalue weighted by Gasteiger charge is 2.26. The molecular weight excluding hydrogens is 164 g/mol. The number of likely N-dealkylation sites (N-methyl/N-ethyl adjacent to an activating group) is 1. The van der Waals surface area contributed by atoms with Crippen molar-refractivity contribution in [2.45, 2.75) is 33.3 Å². The summed E-state index contributed by atoms with van der Waals surface area (Å²) in [4.78, 5) is 1.94. The lowest BCUT2D eigenvalue weighted by atomic mass is 9.92. The molecular formula is C10H20N2O. The van der Waals surface area contributed by atoms with Crippen LogP contribution in [0.3, 0.4) is 0 Å². The smallest absolute Gasteiger partial charge is 0.0866 e. The minimum absolute atomic E-state index is 0.209. The third-order valence-electron chi connectivity index (χ3n) is 2.53. The Balaban J connectivity index is 4.15. The van der Waals surface area contributed by atoms with Gasteiger partial charge in [0.2, 0.25) is 0 Å². The lowest BCUT2D eigenvalue weighted by molar-refractivity contribution is -0.0148. The summed E-state index contributed by atoms with van der Waals surface area (Å²) in [5.41, 5.74) is -0.702. The molecule has 13 heavy (non-hydrogen) atoms. The van der Waals surface area contributed by atoms with Crippen molar-refractivity contribution < 1.29 is 5.11 Å². The Labute approximate surface area is 81.0 Å². The highest BCUT2D eigenvalue weighted by atomic mass is 16.3. The molecule has 0 amide bonds. The van der Waals surface area contributed by atoms with Gasteiger partial charge in [-0.3, -0.25) is 4.90 Å². The first-order valence-corrected chi connectivity index (χ1v) is 4.75. The van der Waals surface area contributed by atoms with Gasteiger partial charge in [0.1, 0.15) is 0 Å². The van der Waals surface area contributed by atoms with Gasteiger partial charge in [0.15, 0.2) is 0 Å². The molecule has 76 valence electrons. The normalized spacial score (nSPS) is 15.8. The number of hydrogen-bond donors (Lipinski definition) is 1. The largest absolute Gasteiger partial charge is 0.389 e. The van der Waals surface area contributed by atoms with Gasteiger partial charge >= 0.3 is 0 Å². The van der Waals surface area contributed by atoms with Gasteiger partial charge in [0.25, 0.3) is 0 Å². The Bertz CT molecular complexity index is 182. The summed E-state index contributed by atoms with van der Waals surface area (Å²) in [7, 11) is 0. The van der Waals surface area contributed by atoms with E-state index in [1.165, 1.54) is 0 Å². The summed E-state index contributed by atoms with van der Waals surface area (Å²) in [6, 6.07) is 2.10. The average molecular weight is 184 g/mol. The summed E-state index contributed by atoms with van der Waals surface area (Å²) in [5, 5.41) is 18.5. The van der Waals surface area contributed by atoms with Crippen molar-refractivity contribution in [2.24, 2.45) is 5.92 Å². The van der Waals surface area contributed by atoms with E-state index >= 15 is 0 Å². The summed E-state index contributed by atoms with van der Waals surface area (Å²) < 4.78 is 0. The monoisotopic (exact) mass is 184 g/mol. The maximum absolute atomic E-state index is 9.97. The summed E-state index contributed by atoms with van der Waals surface area (Å²) in [6.45, 7) is 9.54. The van der Waals surface area contributed by atoms with Crippen LogP contribution in [-0.2, 0) is 0 Å². The molecule has 3 heteroatoms. The zero-order valence-electron chi connectivity index (χ0n) is 9.04. The summed E-state index contributed by atoms with van der Waals surface area (Å²) in [6.07, 6.45) is 0. The fourth-order valence-corrected chi connectivity index (χ4v) is 1.01. The molecule has 0 aliphatic carbocycles. The second-order valence-electron chi connectivity index (χ2n) is 3.97. The van der Waals surface area contributed by atoms with Crippen molar-refractivity contribution in [3.63, 3.8) is 0 Å². The molecule has 0 aliphatic heterocycles. The molecule has 0 heterocycles. The molecule has 0 spiro atoms. The van der Waals surface area contributed by atoms with E-state index in [2.05, 4.69) is 6.07 Å². The lowest BCUT2D eigenvalue weighted by Crippen LogP contribution is -2.44. The van der Waals surface area contributed by atoms with E-state index in [0.717, 1.165) is 6.54 Å². The highest BCUT2D eigenvalue weighted by Crippen LogP contribution is 2.17. The van der Waals surface area contributed by atoms with E-state index in [-0.39, 0.29) is 5.92 Å². The highest BCUT2D eigenvalue weighted by molar-refractivity contribution is 4.84. The molecule has 1 N–H and O–H groups in total. The third kappa shape index (κ3) is 4.25. The molecule has 0 saturated carbocycles. The van der Waals surface area contributed by atoms with Gasteiger partial charge in [-0.25, -0.2) is 0 Å². The number of aliphatic hydroxyl groups is 1. The predicted octanol–water partition coefficient (Wildman–Crippen LogP) is 1.24. The molecule has 1 unspecified atom stereocenters. The van der Waals surface area contributed by atoms with Crippen molar-refractivity contribution in [1.82, 2.24) is 4.90 Å². The molecule has 0 fully saturated rings. The first-order chi connectivity index (χ1) is 5.94. The number of nitriles is 1. The van der Waals surface area contributed by atoms with Gasteiger partial charge in [-0.15, -0.1) is 0 Å². The van der Waals surface area contributed by atoms with Gasteiger partial charge in [0.05, 0.1) is 18.2 Å². The van der Waals surface area contributed by atoms with Crippen molar-refractivity contribution in [3.05, 3.63) is 0 Å². The van der Waals surface area contributed by atoms with Crippen LogP contribution >= 0.6 is 0 Å². The van der Waals surface area contributed by atoms with Gasteiger partial charge in [-0.2, -0.15) is 5.26 Å². The van der Waals surface area contributed by atoms with Crippen LogP contribution in [0, 0.1) is 17.2 Å². The fraction of sp³-hybridized carbons (Fsp3) is 0.900. The lowest BCUT2D eigenvalue weighted by Gasteiger charge is -2.32. The van der Waals surface area contributed by atoms with E-state index in [0.29, 0.717) is 13.1 Å². The van der Waals surface area contributed by atoms with Crippen molar-refractivity contribution in [2.75, 3.05) is 19.6 Å². The Morgan fingerprint density at radius 1 is 1.54 bits per heavy atom. The van der Waals surface area contributed by atoms with E-state index in [1.807, 2.05) is 32.6 Å². The first kappa shape index (κ1) is 12.4. The molecule has 0 radical (unpaired) electrons. The maximum atomic E-state index is 9.97. The summed E-state index contributed by atoms with van der Waals surface area (Å²) >= 11 is 0. The standard InChI is InChI=1S/C10H20N2O/c1-5-12(7-6-11)8-10(4,13)9(2)3/h9,13H,5,7-8H2,1-4H3. The van der Waals surface area contributed by atoms with Crippen LogP contribution < -0.4 is 0 Å². The first-order valence-electron chi connectivity index (χ1n) is 4.75. The molecule has 1 atom stereocenters. The fourth-order valence-electron chi connectivity index (χ4n) is 1.01. The van der Waals surface area contributed by atoms with Crippen LogP contribution in [0.5, 0.6) is 0 Å². The van der Waals surface area contributed by atoms with Crippen molar-refractivity contribution in [3.8, 4) is 6.07 Å². The molecule has 0 aromatic rings. The van der Waals surface area contributed by atoms with E-state index in [4.69, 9.17) is 5.26 Å². The van der Waals surface area contributed by atoms with Crippen molar-refractivity contribution >= 4 is 0 Å². The molecule has 0 rings (SSSR count). The quantitative estimate of drug-likeness (QED) is 0.654. The van der Waals surface area contributed by atoms with Crippen LogP contribution in [-0.4, -0.2) is 35.2 Å². The minimum atomic E-state index is -0.702. The van der Waals surface area contributed by atoms with Crippen LogP contribution in [0.25, 0.3) is 0 Å². The SMILES string of the molecule is CCN(CC#N)CC(C)(O)C(C)C. The van der Waals surface area contributed by atoms with E-state index in [1.54, 1.807) is 0 Å². The molecule has 3 nitrogen and oxygen atoms in total. The Morgan fingerprint density at radius 2 is 2.08 bits per heavy atom. The minimum Gasteiger partial charge on any atom is -0.389 e. The van der Waals surface area contributed by atoms with Gasteiger partial charge in [0, 0.05) is 6.54 Å². The van der Waals surface area contributed by atoms with Gasteiger partial charge in [-0.1, -0.05) is 20.8 Å². The number of nitrogens with zero attached hydrogens (tertiary/aromatic N) is 2. The second kappa shape index (κ2) is 5.21. The zero-order valence-corrected chi connectivity index (χ0v) is 9.04. The molecule has 0 aromatic heterocycles. The zero-order chi connectivity index (χ0) is 10.5. The second-order valence-corrected chi connectivity index (χ2v) is 3.97. The van der Waals surface area contributed by atoms with Crippen LogP contribution in [0.2, 0.25) is 0 Å². The average Bonchev–Trinajstić information content (AvgIpc) is 2.03. The number of rotatable bonds is 5. The Morgan fingerprint density at radius 3 is 2.38 bits per heavy atom. The topological polar surface area (TPSA) is 47.3 Å². The Hall–Kier alpha value is -0.590.